The maximum atomic E-state index is 11.9. The van der Waals surface area contributed by atoms with Gasteiger partial charge in [-0.15, -0.1) is 0 Å². The summed E-state index contributed by atoms with van der Waals surface area (Å²) in [6, 6.07) is 0. The van der Waals surface area contributed by atoms with E-state index in [4.69, 9.17) is 9.84 Å². The molecule has 1 N–H and O–H groups in total. The van der Waals surface area contributed by atoms with Crippen molar-refractivity contribution in [3.05, 3.63) is 12.2 Å². The van der Waals surface area contributed by atoms with Crippen LogP contribution in [-0.4, -0.2) is 24.3 Å². The average molecular weight is 607 g/mol. The monoisotopic (exact) mass is 607 g/mol. The molecule has 0 fully saturated rings. The number of ether oxygens (including phenoxy) is 1. The van der Waals surface area contributed by atoms with Crippen LogP contribution in [0.1, 0.15) is 225 Å². The van der Waals surface area contributed by atoms with Crippen molar-refractivity contribution < 1.29 is 14.6 Å². The van der Waals surface area contributed by atoms with Crippen molar-refractivity contribution in [3.8, 4) is 0 Å². The molecule has 0 heterocycles. The number of allylic oxidation sites excluding steroid dienone is 2. The molecule has 0 saturated heterocycles. The highest BCUT2D eigenvalue weighted by Crippen LogP contribution is 2.15. The molecule has 0 amide bonds. The standard InChI is InChI=1S/C40H78O3/c1-2-3-4-5-6-7-8-19-22-25-28-31-34-37-40(42)43-39-36-33-30-27-24-21-18-16-14-12-10-9-11-13-15-17-20-23-26-29-32-35-38-41/h7-8,41H,2-6,9-39H2,1H3/b8-7-. The summed E-state index contributed by atoms with van der Waals surface area (Å²) in [5.41, 5.74) is 0. The molecule has 0 aliphatic carbocycles. The van der Waals surface area contributed by atoms with E-state index in [1.165, 1.54) is 186 Å². The molecule has 3 heteroatoms. The van der Waals surface area contributed by atoms with E-state index in [0.717, 1.165) is 25.7 Å². The van der Waals surface area contributed by atoms with Crippen LogP contribution in [0.2, 0.25) is 0 Å². The smallest absolute Gasteiger partial charge is 0.305 e. The van der Waals surface area contributed by atoms with Gasteiger partial charge in [-0.1, -0.05) is 186 Å². The minimum atomic E-state index is 0.0129. The Morgan fingerprint density at radius 1 is 0.442 bits per heavy atom. The molecule has 0 bridgehead atoms. The van der Waals surface area contributed by atoms with Crippen molar-refractivity contribution in [2.24, 2.45) is 0 Å². The Hall–Kier alpha value is -0.830. The average Bonchev–Trinajstić information content (AvgIpc) is 3.01. The molecule has 43 heavy (non-hydrogen) atoms. The van der Waals surface area contributed by atoms with Crippen LogP contribution in [0.4, 0.5) is 0 Å². The van der Waals surface area contributed by atoms with Gasteiger partial charge in [0.2, 0.25) is 0 Å². The molecule has 0 aromatic rings. The first-order chi connectivity index (χ1) is 21.3. The van der Waals surface area contributed by atoms with Gasteiger partial charge in [-0.3, -0.25) is 4.79 Å². The van der Waals surface area contributed by atoms with E-state index in [9.17, 15) is 4.79 Å². The normalized spacial score (nSPS) is 11.6. The largest absolute Gasteiger partial charge is 0.466 e. The SMILES string of the molecule is CCCCCC/C=C\CCCCCCCC(=O)OCCCCCCCCCCCCCCCCCCCCCCCCO. The third-order valence-corrected chi connectivity index (χ3v) is 8.96. The number of carbonyl (C=O) groups is 1. The zero-order chi connectivity index (χ0) is 31.2. The molecule has 256 valence electrons. The van der Waals surface area contributed by atoms with E-state index in [1.807, 2.05) is 0 Å². The molecule has 0 rings (SSSR count). The third-order valence-electron chi connectivity index (χ3n) is 8.96. The Kier molecular flexibility index (Phi) is 38.4. The highest BCUT2D eigenvalue weighted by molar-refractivity contribution is 5.69. The summed E-state index contributed by atoms with van der Waals surface area (Å²) in [5.74, 6) is 0.0129. The Bertz CT molecular complexity index is 544. The summed E-state index contributed by atoms with van der Waals surface area (Å²) in [6.45, 7) is 3.25. The fourth-order valence-electron chi connectivity index (χ4n) is 5.99. The van der Waals surface area contributed by atoms with Crippen LogP contribution < -0.4 is 0 Å². The van der Waals surface area contributed by atoms with Gasteiger partial charge in [0, 0.05) is 13.0 Å². The Balaban J connectivity index is 3.15. The van der Waals surface area contributed by atoms with Crippen molar-refractivity contribution in [3.63, 3.8) is 0 Å². The van der Waals surface area contributed by atoms with Gasteiger partial charge in [0.05, 0.1) is 6.61 Å². The number of unbranched alkanes of at least 4 members (excludes halogenated alkanes) is 30. The van der Waals surface area contributed by atoms with Crippen molar-refractivity contribution in [2.45, 2.75) is 225 Å². The molecule has 0 unspecified atom stereocenters. The van der Waals surface area contributed by atoms with E-state index in [-0.39, 0.29) is 5.97 Å². The number of aliphatic hydroxyl groups is 1. The zero-order valence-electron chi connectivity index (χ0n) is 29.4. The van der Waals surface area contributed by atoms with Gasteiger partial charge >= 0.3 is 5.97 Å². The maximum absolute atomic E-state index is 11.9. The second kappa shape index (κ2) is 39.2. The first kappa shape index (κ1) is 42.2. The van der Waals surface area contributed by atoms with Crippen molar-refractivity contribution >= 4 is 5.97 Å². The molecule has 0 aliphatic heterocycles. The lowest BCUT2D eigenvalue weighted by Crippen LogP contribution is -2.05. The van der Waals surface area contributed by atoms with Crippen LogP contribution in [0, 0.1) is 0 Å². The summed E-state index contributed by atoms with van der Waals surface area (Å²) in [4.78, 5) is 11.9. The third kappa shape index (κ3) is 39.1. The van der Waals surface area contributed by atoms with Gasteiger partial charge in [-0.25, -0.2) is 0 Å². The first-order valence-corrected chi connectivity index (χ1v) is 19.7. The number of esters is 1. The Morgan fingerprint density at radius 3 is 1.16 bits per heavy atom. The van der Waals surface area contributed by atoms with Gasteiger partial charge in [0.1, 0.15) is 0 Å². The number of rotatable bonds is 37. The van der Waals surface area contributed by atoms with Crippen LogP contribution in [0.5, 0.6) is 0 Å². The van der Waals surface area contributed by atoms with Gasteiger partial charge in [-0.05, 0) is 44.9 Å². The van der Waals surface area contributed by atoms with E-state index >= 15 is 0 Å². The highest BCUT2D eigenvalue weighted by Gasteiger charge is 2.02. The van der Waals surface area contributed by atoms with Crippen LogP contribution in [-0.2, 0) is 9.53 Å². The molecule has 0 aliphatic rings. The van der Waals surface area contributed by atoms with Gasteiger partial charge in [0.15, 0.2) is 0 Å². The Labute approximate surface area is 270 Å². The molecule has 0 aromatic heterocycles. The second-order valence-electron chi connectivity index (χ2n) is 13.3. The van der Waals surface area contributed by atoms with Gasteiger partial charge < -0.3 is 9.84 Å². The molecular weight excluding hydrogens is 528 g/mol. The van der Waals surface area contributed by atoms with Crippen LogP contribution in [0.25, 0.3) is 0 Å². The van der Waals surface area contributed by atoms with E-state index in [0.29, 0.717) is 19.6 Å². The lowest BCUT2D eigenvalue weighted by molar-refractivity contribution is -0.143. The van der Waals surface area contributed by atoms with E-state index < -0.39 is 0 Å². The van der Waals surface area contributed by atoms with E-state index in [2.05, 4.69) is 19.1 Å². The van der Waals surface area contributed by atoms with Crippen molar-refractivity contribution in [2.75, 3.05) is 13.2 Å². The number of hydrogen-bond acceptors (Lipinski definition) is 3. The zero-order valence-corrected chi connectivity index (χ0v) is 29.4. The summed E-state index contributed by atoms with van der Waals surface area (Å²) < 4.78 is 5.44. The molecule has 0 aromatic carbocycles. The fraction of sp³-hybridized carbons (Fsp3) is 0.925. The summed E-state index contributed by atoms with van der Waals surface area (Å²) in [5, 5.41) is 8.79. The predicted octanol–water partition coefficient (Wildman–Crippen LogP) is 13.4. The molecule has 0 radical (unpaired) electrons. The van der Waals surface area contributed by atoms with Crippen molar-refractivity contribution in [1.82, 2.24) is 0 Å². The maximum Gasteiger partial charge on any atom is 0.305 e. The Morgan fingerprint density at radius 2 is 0.767 bits per heavy atom. The van der Waals surface area contributed by atoms with E-state index in [1.54, 1.807) is 0 Å². The van der Waals surface area contributed by atoms with Crippen LogP contribution in [0.15, 0.2) is 12.2 Å². The minimum absolute atomic E-state index is 0.0129. The first-order valence-electron chi connectivity index (χ1n) is 19.7. The van der Waals surface area contributed by atoms with Gasteiger partial charge in [-0.2, -0.15) is 0 Å². The molecule has 0 spiro atoms. The predicted molar refractivity (Wildman–Crippen MR) is 190 cm³/mol. The lowest BCUT2D eigenvalue weighted by atomic mass is 10.0. The van der Waals surface area contributed by atoms with Crippen LogP contribution in [0.3, 0.4) is 0 Å². The second-order valence-corrected chi connectivity index (χ2v) is 13.3. The molecule has 0 saturated carbocycles. The van der Waals surface area contributed by atoms with Crippen LogP contribution >= 0.6 is 0 Å². The summed E-state index contributed by atoms with van der Waals surface area (Å²) in [7, 11) is 0. The highest BCUT2D eigenvalue weighted by atomic mass is 16.5. The fourth-order valence-corrected chi connectivity index (χ4v) is 5.99. The summed E-state index contributed by atoms with van der Waals surface area (Å²) >= 11 is 0. The number of carbonyl (C=O) groups excluding carboxylic acids is 1. The topological polar surface area (TPSA) is 46.5 Å². The number of hydrogen-bond donors (Lipinski definition) is 1. The lowest BCUT2D eigenvalue weighted by Gasteiger charge is -2.06. The quantitative estimate of drug-likeness (QED) is 0.0434. The molecule has 0 atom stereocenters. The van der Waals surface area contributed by atoms with Crippen molar-refractivity contribution in [1.29, 1.82) is 0 Å². The van der Waals surface area contributed by atoms with Gasteiger partial charge in [0.25, 0.3) is 0 Å². The minimum Gasteiger partial charge on any atom is -0.466 e. The molecular formula is C40H78O3. The number of aliphatic hydroxyl groups excluding tert-OH is 1. The summed E-state index contributed by atoms with van der Waals surface area (Å²) in [6.07, 6.45) is 48.7. The molecule has 3 nitrogen and oxygen atoms in total.